The van der Waals surface area contributed by atoms with Crippen LogP contribution in [0, 0.1) is 11.8 Å². The van der Waals surface area contributed by atoms with E-state index in [2.05, 4.69) is 16.3 Å². The van der Waals surface area contributed by atoms with E-state index in [0.717, 1.165) is 31.5 Å². The Labute approximate surface area is 125 Å². The van der Waals surface area contributed by atoms with Gasteiger partial charge in [0.1, 0.15) is 0 Å². The summed E-state index contributed by atoms with van der Waals surface area (Å²) in [5.74, 6) is 1.36. The van der Waals surface area contributed by atoms with Crippen LogP contribution in [-0.4, -0.2) is 44.2 Å². The van der Waals surface area contributed by atoms with Crippen LogP contribution in [0.4, 0.5) is 0 Å². The molecule has 2 aliphatic heterocycles. The number of methoxy groups -OCH3 is 1. The van der Waals surface area contributed by atoms with Gasteiger partial charge in [-0.05, 0) is 42.6 Å². The molecule has 2 atom stereocenters. The van der Waals surface area contributed by atoms with E-state index in [9.17, 15) is 4.79 Å². The molecule has 2 fully saturated rings. The molecule has 2 aliphatic rings. The van der Waals surface area contributed by atoms with Gasteiger partial charge in [-0.15, -0.1) is 12.4 Å². The molecule has 1 N–H and O–H groups in total. The van der Waals surface area contributed by atoms with Crippen LogP contribution in [0.3, 0.4) is 0 Å². The lowest BCUT2D eigenvalue weighted by molar-refractivity contribution is 0.0600. The number of esters is 1. The molecule has 0 bridgehead atoms. The van der Waals surface area contributed by atoms with Gasteiger partial charge in [0.2, 0.25) is 0 Å². The van der Waals surface area contributed by atoms with Gasteiger partial charge in [0, 0.05) is 19.6 Å². The number of halogens is 1. The number of carbonyl (C=O) groups is 1. The van der Waals surface area contributed by atoms with Gasteiger partial charge in [0.15, 0.2) is 0 Å². The van der Waals surface area contributed by atoms with Crippen molar-refractivity contribution in [1.82, 2.24) is 10.2 Å². The van der Waals surface area contributed by atoms with E-state index >= 15 is 0 Å². The zero-order valence-corrected chi connectivity index (χ0v) is 12.5. The summed E-state index contributed by atoms with van der Waals surface area (Å²) >= 11 is 0. The number of carbonyl (C=O) groups excluding carboxylic acids is 1. The van der Waals surface area contributed by atoms with Crippen molar-refractivity contribution < 1.29 is 9.53 Å². The van der Waals surface area contributed by atoms with Crippen LogP contribution in [0.1, 0.15) is 15.9 Å². The van der Waals surface area contributed by atoms with Crippen molar-refractivity contribution in [1.29, 1.82) is 0 Å². The fourth-order valence-electron chi connectivity index (χ4n) is 3.25. The zero-order valence-electron chi connectivity index (χ0n) is 11.7. The molecule has 0 amide bonds. The van der Waals surface area contributed by atoms with Crippen LogP contribution in [0.2, 0.25) is 0 Å². The largest absolute Gasteiger partial charge is 0.465 e. The minimum absolute atomic E-state index is 0. The quantitative estimate of drug-likeness (QED) is 0.859. The Morgan fingerprint density at radius 3 is 2.70 bits per heavy atom. The van der Waals surface area contributed by atoms with Crippen molar-refractivity contribution in [2.75, 3.05) is 33.3 Å². The minimum atomic E-state index is -0.260. The topological polar surface area (TPSA) is 41.6 Å². The van der Waals surface area contributed by atoms with E-state index in [4.69, 9.17) is 4.74 Å². The second-order valence-corrected chi connectivity index (χ2v) is 5.56. The van der Waals surface area contributed by atoms with Gasteiger partial charge in [-0.3, -0.25) is 4.90 Å². The van der Waals surface area contributed by atoms with Crippen molar-refractivity contribution in [3.8, 4) is 0 Å². The first-order valence-corrected chi connectivity index (χ1v) is 6.86. The van der Waals surface area contributed by atoms with E-state index in [0.29, 0.717) is 5.56 Å². The number of nitrogens with zero attached hydrogens (tertiary/aromatic N) is 1. The smallest absolute Gasteiger partial charge is 0.337 e. The van der Waals surface area contributed by atoms with E-state index in [1.54, 1.807) is 6.07 Å². The molecule has 0 unspecified atom stereocenters. The third-order valence-electron chi connectivity index (χ3n) is 4.22. The first-order chi connectivity index (χ1) is 9.26. The second kappa shape index (κ2) is 6.57. The summed E-state index contributed by atoms with van der Waals surface area (Å²) < 4.78 is 4.76. The second-order valence-electron chi connectivity index (χ2n) is 5.56. The summed E-state index contributed by atoms with van der Waals surface area (Å²) in [5, 5.41) is 3.45. The summed E-state index contributed by atoms with van der Waals surface area (Å²) in [6.45, 7) is 5.57. The van der Waals surface area contributed by atoms with Gasteiger partial charge in [-0.1, -0.05) is 12.1 Å². The average Bonchev–Trinajstić information content (AvgIpc) is 2.99. The Bertz CT molecular complexity index is 469. The van der Waals surface area contributed by atoms with Crippen molar-refractivity contribution in [2.24, 2.45) is 11.8 Å². The predicted molar refractivity (Wildman–Crippen MR) is 80.2 cm³/mol. The summed E-state index contributed by atoms with van der Waals surface area (Å²) in [7, 11) is 1.42. The molecule has 0 aromatic heterocycles. The predicted octanol–water partition coefficient (Wildman–Crippen LogP) is 1.55. The number of likely N-dealkylation sites (tertiary alicyclic amines) is 1. The lowest BCUT2D eigenvalue weighted by Crippen LogP contribution is -2.25. The molecule has 110 valence electrons. The molecule has 3 rings (SSSR count). The summed E-state index contributed by atoms with van der Waals surface area (Å²) in [4.78, 5) is 14.0. The van der Waals surface area contributed by atoms with E-state index in [1.807, 2.05) is 12.1 Å². The van der Waals surface area contributed by atoms with Gasteiger partial charge in [0.05, 0.1) is 12.7 Å². The van der Waals surface area contributed by atoms with Crippen LogP contribution in [-0.2, 0) is 11.3 Å². The number of nitrogens with one attached hydrogen (secondary N) is 1. The van der Waals surface area contributed by atoms with Crippen molar-refractivity contribution in [3.05, 3.63) is 35.4 Å². The number of rotatable bonds is 3. The monoisotopic (exact) mass is 296 g/mol. The Balaban J connectivity index is 0.00000147. The molecule has 2 saturated heterocycles. The fourth-order valence-corrected chi connectivity index (χ4v) is 3.25. The Morgan fingerprint density at radius 2 is 2.05 bits per heavy atom. The van der Waals surface area contributed by atoms with Crippen LogP contribution in [0.15, 0.2) is 24.3 Å². The molecule has 2 heterocycles. The van der Waals surface area contributed by atoms with Crippen LogP contribution in [0.25, 0.3) is 0 Å². The molecular formula is C15H21ClN2O2. The van der Waals surface area contributed by atoms with Gasteiger partial charge >= 0.3 is 5.97 Å². The maximum absolute atomic E-state index is 11.5. The van der Waals surface area contributed by atoms with Crippen LogP contribution < -0.4 is 5.32 Å². The number of benzene rings is 1. The Kier molecular flexibility index (Phi) is 5.02. The molecule has 20 heavy (non-hydrogen) atoms. The maximum atomic E-state index is 11.5. The standard InChI is InChI=1S/C15H20N2O2.ClH/c1-19-15(18)12-4-2-3-11(5-12)8-17-9-13-6-16-7-14(13)10-17;/h2-5,13-14,16H,6-10H2,1H3;1H/t13-,14+;. The highest BCUT2D eigenvalue weighted by atomic mass is 35.5. The molecule has 0 aliphatic carbocycles. The molecule has 0 radical (unpaired) electrons. The highest BCUT2D eigenvalue weighted by molar-refractivity contribution is 5.89. The van der Waals surface area contributed by atoms with Crippen molar-refractivity contribution in [3.63, 3.8) is 0 Å². The molecule has 4 nitrogen and oxygen atoms in total. The lowest BCUT2D eigenvalue weighted by atomic mass is 10.0. The summed E-state index contributed by atoms with van der Waals surface area (Å²) in [6.07, 6.45) is 0. The third kappa shape index (κ3) is 3.14. The molecule has 0 spiro atoms. The molecular weight excluding hydrogens is 276 g/mol. The SMILES string of the molecule is COC(=O)c1cccc(CN2C[C@H]3CNC[C@H]3C2)c1.Cl. The first kappa shape index (κ1) is 15.3. The molecule has 1 aromatic carbocycles. The van der Waals surface area contributed by atoms with Gasteiger partial charge < -0.3 is 10.1 Å². The zero-order chi connectivity index (χ0) is 13.2. The van der Waals surface area contributed by atoms with E-state index in [1.165, 1.54) is 25.8 Å². The third-order valence-corrected chi connectivity index (χ3v) is 4.22. The van der Waals surface area contributed by atoms with E-state index in [-0.39, 0.29) is 18.4 Å². The van der Waals surface area contributed by atoms with Crippen molar-refractivity contribution >= 4 is 18.4 Å². The molecule has 1 aromatic rings. The van der Waals surface area contributed by atoms with Crippen LogP contribution in [0.5, 0.6) is 0 Å². The minimum Gasteiger partial charge on any atom is -0.465 e. The van der Waals surface area contributed by atoms with Gasteiger partial charge in [-0.25, -0.2) is 4.79 Å². The highest BCUT2D eigenvalue weighted by Gasteiger charge is 2.35. The lowest BCUT2D eigenvalue weighted by Gasteiger charge is -2.17. The molecule has 0 saturated carbocycles. The summed E-state index contributed by atoms with van der Waals surface area (Å²) in [6, 6.07) is 7.76. The number of hydrogen-bond acceptors (Lipinski definition) is 4. The Morgan fingerprint density at radius 1 is 1.35 bits per heavy atom. The molecule has 5 heteroatoms. The average molecular weight is 297 g/mol. The number of ether oxygens (including phenoxy) is 1. The van der Waals surface area contributed by atoms with Crippen molar-refractivity contribution in [2.45, 2.75) is 6.54 Å². The van der Waals surface area contributed by atoms with Gasteiger partial charge in [0.25, 0.3) is 0 Å². The number of hydrogen-bond donors (Lipinski definition) is 1. The number of fused-ring (bicyclic) bond motifs is 1. The summed E-state index contributed by atoms with van der Waals surface area (Å²) in [5.41, 5.74) is 1.83. The maximum Gasteiger partial charge on any atom is 0.337 e. The normalized spacial score (nSPS) is 25.1. The van der Waals surface area contributed by atoms with Crippen LogP contribution >= 0.6 is 12.4 Å². The Hall–Kier alpha value is -1.10. The fraction of sp³-hybridized carbons (Fsp3) is 0.533. The first-order valence-electron chi connectivity index (χ1n) is 6.86. The highest BCUT2D eigenvalue weighted by Crippen LogP contribution is 2.27. The van der Waals surface area contributed by atoms with Gasteiger partial charge in [-0.2, -0.15) is 0 Å². The van der Waals surface area contributed by atoms with E-state index < -0.39 is 0 Å².